The monoisotopic (exact) mass is 313 g/mol. The smallest absolute Gasteiger partial charge is 0.206 e. The van der Waals surface area contributed by atoms with Crippen molar-refractivity contribution in [3.05, 3.63) is 42.0 Å². The van der Waals surface area contributed by atoms with Crippen molar-refractivity contribution in [2.45, 2.75) is 0 Å². The van der Waals surface area contributed by atoms with Crippen LogP contribution in [0.2, 0.25) is 0 Å². The van der Waals surface area contributed by atoms with Crippen LogP contribution in [0.5, 0.6) is 0 Å². The molecule has 5 nitrogen and oxygen atoms in total. The lowest BCUT2D eigenvalue weighted by atomic mass is 10.2. The van der Waals surface area contributed by atoms with Crippen molar-refractivity contribution in [3.8, 4) is 0 Å². The molecule has 21 heavy (non-hydrogen) atoms. The molecule has 0 radical (unpaired) electrons. The van der Waals surface area contributed by atoms with Gasteiger partial charge in [-0.15, -0.1) is 0 Å². The van der Waals surface area contributed by atoms with E-state index in [1.165, 1.54) is 0 Å². The number of methoxy groups -OCH3 is 1. The van der Waals surface area contributed by atoms with E-state index in [4.69, 9.17) is 23.7 Å². The van der Waals surface area contributed by atoms with Gasteiger partial charge in [-0.25, -0.2) is 0 Å². The molecular formula is C15H24NO4P. The Morgan fingerprint density at radius 1 is 1.05 bits per heavy atom. The first-order valence-corrected chi connectivity index (χ1v) is 8.90. The third-order valence-electron chi connectivity index (χ3n) is 2.52. The van der Waals surface area contributed by atoms with Crippen LogP contribution in [0.25, 0.3) is 6.08 Å². The van der Waals surface area contributed by atoms with Gasteiger partial charge in [0, 0.05) is 13.8 Å². The van der Waals surface area contributed by atoms with Crippen LogP contribution in [0.3, 0.4) is 0 Å². The van der Waals surface area contributed by atoms with Crippen LogP contribution in [-0.4, -0.2) is 46.8 Å². The molecule has 0 saturated heterocycles. The minimum absolute atomic E-state index is 0.361. The van der Waals surface area contributed by atoms with Crippen molar-refractivity contribution >= 4 is 13.6 Å². The van der Waals surface area contributed by atoms with E-state index in [-0.39, 0.29) is 0 Å². The maximum Gasteiger partial charge on any atom is 0.206 e. The fourth-order valence-corrected chi connectivity index (χ4v) is 2.35. The fraction of sp³-hybridized carbons (Fsp3) is 0.467. The van der Waals surface area contributed by atoms with E-state index < -0.39 is 7.51 Å². The summed E-state index contributed by atoms with van der Waals surface area (Å²) in [6.07, 6.45) is 3.86. The van der Waals surface area contributed by atoms with Crippen LogP contribution in [0.4, 0.5) is 0 Å². The van der Waals surface area contributed by atoms with Crippen LogP contribution < -0.4 is 0 Å². The van der Waals surface area contributed by atoms with Crippen molar-refractivity contribution in [1.29, 1.82) is 5.16 Å². The zero-order chi connectivity index (χ0) is 15.4. The number of hydrogen-bond donors (Lipinski definition) is 1. The van der Waals surface area contributed by atoms with Gasteiger partial charge < -0.3 is 18.5 Å². The van der Waals surface area contributed by atoms with Crippen molar-refractivity contribution in [2.75, 3.05) is 46.8 Å². The Labute approximate surface area is 126 Å². The van der Waals surface area contributed by atoms with E-state index in [0.717, 1.165) is 5.56 Å². The van der Waals surface area contributed by atoms with Gasteiger partial charge in [0.2, 0.25) is 7.51 Å². The van der Waals surface area contributed by atoms with Crippen LogP contribution in [0.15, 0.2) is 36.4 Å². The number of nitrogens with one attached hydrogen (secondary N) is 1. The third kappa shape index (κ3) is 9.56. The first kappa shape index (κ1) is 18.1. The van der Waals surface area contributed by atoms with Gasteiger partial charge in [-0.05, 0) is 5.56 Å². The molecule has 118 valence electrons. The lowest BCUT2D eigenvalue weighted by Crippen LogP contribution is -2.08. The number of hydrogen-bond acceptors (Lipinski definition) is 5. The molecule has 0 fully saturated rings. The molecule has 1 aromatic rings. The average Bonchev–Trinajstić information content (AvgIpc) is 2.48. The minimum atomic E-state index is -2.53. The van der Waals surface area contributed by atoms with Gasteiger partial charge in [-0.2, -0.15) is 0 Å². The molecule has 0 aliphatic rings. The molecule has 0 amide bonds. The Morgan fingerprint density at radius 2 is 1.76 bits per heavy atom. The van der Waals surface area contributed by atoms with E-state index in [2.05, 4.69) is 0 Å². The van der Waals surface area contributed by atoms with Crippen molar-refractivity contribution in [2.24, 2.45) is 0 Å². The molecule has 6 heteroatoms. The maximum atomic E-state index is 7.98. The van der Waals surface area contributed by atoms with Crippen molar-refractivity contribution in [1.82, 2.24) is 0 Å². The number of rotatable bonds is 11. The van der Waals surface area contributed by atoms with E-state index in [1.54, 1.807) is 13.8 Å². The fourth-order valence-electron chi connectivity index (χ4n) is 1.49. The molecule has 0 saturated carbocycles. The van der Waals surface area contributed by atoms with Gasteiger partial charge in [0.15, 0.2) is 0 Å². The highest BCUT2D eigenvalue weighted by Gasteiger charge is 2.10. The molecule has 1 atom stereocenters. The highest BCUT2D eigenvalue weighted by atomic mass is 31.2. The number of ether oxygens (including phenoxy) is 2. The second kappa shape index (κ2) is 10.7. The first-order chi connectivity index (χ1) is 10.1. The summed E-state index contributed by atoms with van der Waals surface area (Å²) >= 11 is 0. The first-order valence-electron chi connectivity index (χ1n) is 6.83. The van der Waals surface area contributed by atoms with Crippen molar-refractivity contribution < 1.29 is 18.5 Å². The van der Waals surface area contributed by atoms with Crippen LogP contribution >= 0.6 is 7.51 Å². The quantitative estimate of drug-likeness (QED) is 0.500. The molecule has 0 aliphatic heterocycles. The summed E-state index contributed by atoms with van der Waals surface area (Å²) in [5, 5.41) is 7.98. The van der Waals surface area contributed by atoms with E-state index >= 15 is 0 Å². The Balaban J connectivity index is 2.15. The zero-order valence-corrected chi connectivity index (χ0v) is 13.6. The predicted octanol–water partition coefficient (Wildman–Crippen LogP) is 3.64. The summed E-state index contributed by atoms with van der Waals surface area (Å²) in [5.41, 5.74) is 1.11. The summed E-state index contributed by atoms with van der Waals surface area (Å²) in [7, 11) is -0.904. The normalized spacial score (nSPS) is 14.4. The van der Waals surface area contributed by atoms with Gasteiger partial charge in [0.1, 0.15) is 0 Å². The molecular weight excluding hydrogens is 289 g/mol. The lowest BCUT2D eigenvalue weighted by molar-refractivity contribution is 0.0533. The third-order valence-corrected chi connectivity index (χ3v) is 3.84. The second-order valence-electron chi connectivity index (χ2n) is 4.39. The molecule has 0 aliphatic carbocycles. The van der Waals surface area contributed by atoms with Crippen LogP contribution in [-0.2, 0) is 18.5 Å². The second-order valence-corrected chi connectivity index (χ2v) is 6.60. The highest BCUT2D eigenvalue weighted by Crippen LogP contribution is 2.44. The highest BCUT2D eigenvalue weighted by molar-refractivity contribution is 7.54. The molecule has 0 aromatic heterocycles. The Bertz CT molecular complexity index is 450. The molecule has 1 unspecified atom stereocenters. The van der Waals surface area contributed by atoms with E-state index in [1.807, 2.05) is 42.5 Å². The Morgan fingerprint density at radius 3 is 2.48 bits per heavy atom. The minimum Gasteiger partial charge on any atom is -0.382 e. The summed E-state index contributed by atoms with van der Waals surface area (Å²) in [4.78, 5) is 0. The van der Waals surface area contributed by atoms with E-state index in [0.29, 0.717) is 33.0 Å². The molecule has 1 rings (SSSR count). The molecule has 0 heterocycles. The van der Waals surface area contributed by atoms with E-state index in [9.17, 15) is 0 Å². The molecule has 0 spiro atoms. The van der Waals surface area contributed by atoms with Gasteiger partial charge >= 0.3 is 0 Å². The maximum absolute atomic E-state index is 7.98. The van der Waals surface area contributed by atoms with Crippen LogP contribution in [0, 0.1) is 5.16 Å². The SMILES string of the molecule is COCCOCCOP(C)(=N)OCC=Cc1ccccc1. The largest absolute Gasteiger partial charge is 0.382 e. The molecule has 0 bridgehead atoms. The topological polar surface area (TPSA) is 60.8 Å². The average molecular weight is 313 g/mol. The molecule has 1 N–H and O–H groups in total. The summed E-state index contributed by atoms with van der Waals surface area (Å²) in [6, 6.07) is 9.96. The van der Waals surface area contributed by atoms with Gasteiger partial charge in [-0.1, -0.05) is 42.5 Å². The van der Waals surface area contributed by atoms with Gasteiger partial charge in [0.25, 0.3) is 0 Å². The summed E-state index contributed by atoms with van der Waals surface area (Å²) in [6.45, 7) is 3.95. The standard InChI is InChI=1S/C15H24NO4P/c1-17-11-12-18-13-14-20-21(2,16)19-10-6-9-15-7-4-3-5-8-15/h3-9,16H,10-14H2,1-2H3. The zero-order valence-electron chi connectivity index (χ0n) is 12.7. The summed E-state index contributed by atoms with van der Waals surface area (Å²) in [5.74, 6) is 0. The van der Waals surface area contributed by atoms with Crippen LogP contribution in [0.1, 0.15) is 5.56 Å². The van der Waals surface area contributed by atoms with Gasteiger partial charge in [0.05, 0.1) is 33.0 Å². The molecule has 1 aromatic carbocycles. The number of benzene rings is 1. The predicted molar refractivity (Wildman–Crippen MR) is 85.6 cm³/mol. The summed E-state index contributed by atoms with van der Waals surface area (Å²) < 4.78 is 21.0. The van der Waals surface area contributed by atoms with Gasteiger partial charge in [-0.3, -0.25) is 5.16 Å². The van der Waals surface area contributed by atoms with Crippen molar-refractivity contribution in [3.63, 3.8) is 0 Å². The Kier molecular flexibility index (Phi) is 9.22. The lowest BCUT2D eigenvalue weighted by Gasteiger charge is -2.16. The Hall–Kier alpha value is -0.970.